The zero-order valence-electron chi connectivity index (χ0n) is 17.4. The molecule has 1 aliphatic heterocycles. The van der Waals surface area contributed by atoms with Crippen molar-refractivity contribution in [1.82, 2.24) is 20.3 Å². The standard InChI is InChI=1S/C21H28BrN5O2/c1-12(16-7-6-14(22)10-24-16)26-20-23-9-8-17(27-20)18-15(11-25-19(18)28)13(2)29-21(3,4)5/h6-10,12-13,15,18H,11H2,1-5H3,(H,25,28)(H,23,26,27)/t12-,13+,15?,18+/m0/s1. The fourth-order valence-corrected chi connectivity index (χ4v) is 3.84. The molecule has 8 heteroatoms. The predicted molar refractivity (Wildman–Crippen MR) is 116 cm³/mol. The highest BCUT2D eigenvalue weighted by atomic mass is 79.9. The van der Waals surface area contributed by atoms with E-state index in [2.05, 4.69) is 41.5 Å². The van der Waals surface area contributed by atoms with Crippen molar-refractivity contribution in [2.45, 2.75) is 58.3 Å². The summed E-state index contributed by atoms with van der Waals surface area (Å²) in [6.45, 7) is 10.7. The van der Waals surface area contributed by atoms with Gasteiger partial charge in [-0.2, -0.15) is 0 Å². The number of rotatable bonds is 6. The topological polar surface area (TPSA) is 89.0 Å². The van der Waals surface area contributed by atoms with Gasteiger partial charge in [0.2, 0.25) is 11.9 Å². The van der Waals surface area contributed by atoms with Gasteiger partial charge in [-0.05, 0) is 68.7 Å². The molecule has 156 valence electrons. The van der Waals surface area contributed by atoms with Crippen molar-refractivity contribution in [3.05, 3.63) is 46.5 Å². The molecule has 2 aromatic heterocycles. The molecule has 0 aliphatic carbocycles. The second-order valence-electron chi connectivity index (χ2n) is 8.39. The molecule has 0 aromatic carbocycles. The summed E-state index contributed by atoms with van der Waals surface area (Å²) < 4.78 is 7.05. The Labute approximate surface area is 180 Å². The Morgan fingerprint density at radius 1 is 1.24 bits per heavy atom. The lowest BCUT2D eigenvalue weighted by Crippen LogP contribution is -2.34. The number of hydrogen-bond donors (Lipinski definition) is 2. The summed E-state index contributed by atoms with van der Waals surface area (Å²) in [4.78, 5) is 26.0. The van der Waals surface area contributed by atoms with Crippen LogP contribution in [0.5, 0.6) is 0 Å². The number of ether oxygens (including phenoxy) is 1. The van der Waals surface area contributed by atoms with Crippen molar-refractivity contribution in [2.24, 2.45) is 5.92 Å². The maximum atomic E-state index is 12.6. The molecule has 1 amide bonds. The number of aromatic nitrogens is 3. The monoisotopic (exact) mass is 461 g/mol. The molecule has 0 radical (unpaired) electrons. The van der Waals surface area contributed by atoms with Crippen LogP contribution in [0.25, 0.3) is 0 Å². The first kappa shape index (κ1) is 21.6. The van der Waals surface area contributed by atoms with Crippen LogP contribution >= 0.6 is 15.9 Å². The molecule has 0 bridgehead atoms. The van der Waals surface area contributed by atoms with E-state index in [0.29, 0.717) is 18.2 Å². The summed E-state index contributed by atoms with van der Waals surface area (Å²) in [6, 6.07) is 5.62. The summed E-state index contributed by atoms with van der Waals surface area (Å²) in [7, 11) is 0. The van der Waals surface area contributed by atoms with Crippen LogP contribution in [0.2, 0.25) is 0 Å². The maximum Gasteiger partial charge on any atom is 0.229 e. The Morgan fingerprint density at radius 2 is 2.00 bits per heavy atom. The van der Waals surface area contributed by atoms with E-state index in [-0.39, 0.29) is 35.5 Å². The van der Waals surface area contributed by atoms with E-state index in [0.717, 1.165) is 10.2 Å². The van der Waals surface area contributed by atoms with Crippen LogP contribution < -0.4 is 10.6 Å². The van der Waals surface area contributed by atoms with Crippen LogP contribution in [0, 0.1) is 5.92 Å². The van der Waals surface area contributed by atoms with Gasteiger partial charge in [0.05, 0.1) is 35.1 Å². The number of amides is 1. The quantitative estimate of drug-likeness (QED) is 0.678. The van der Waals surface area contributed by atoms with E-state index in [1.165, 1.54) is 0 Å². The third kappa shape index (κ3) is 5.51. The predicted octanol–water partition coefficient (Wildman–Crippen LogP) is 3.84. The first-order chi connectivity index (χ1) is 13.6. The van der Waals surface area contributed by atoms with Gasteiger partial charge in [-0.3, -0.25) is 9.78 Å². The van der Waals surface area contributed by atoms with E-state index in [1.54, 1.807) is 18.5 Å². The lowest BCUT2D eigenvalue weighted by molar-refractivity contribution is -0.122. The minimum Gasteiger partial charge on any atom is -0.373 e. The van der Waals surface area contributed by atoms with Gasteiger partial charge in [0.25, 0.3) is 0 Å². The summed E-state index contributed by atoms with van der Waals surface area (Å²) in [5.74, 6) is 0.0984. The van der Waals surface area contributed by atoms with Crippen LogP contribution in [-0.4, -0.2) is 39.1 Å². The van der Waals surface area contributed by atoms with E-state index in [4.69, 9.17) is 4.74 Å². The second-order valence-corrected chi connectivity index (χ2v) is 9.31. The van der Waals surface area contributed by atoms with Crippen molar-refractivity contribution in [3.8, 4) is 0 Å². The van der Waals surface area contributed by atoms with Gasteiger partial charge in [-0.1, -0.05) is 0 Å². The molecule has 4 atom stereocenters. The van der Waals surface area contributed by atoms with Crippen molar-refractivity contribution >= 4 is 27.8 Å². The summed E-state index contributed by atoms with van der Waals surface area (Å²) in [5, 5.41) is 6.24. The average molecular weight is 462 g/mol. The van der Waals surface area contributed by atoms with Crippen molar-refractivity contribution in [3.63, 3.8) is 0 Å². The molecule has 2 aromatic rings. The minimum atomic E-state index is -0.364. The molecule has 3 heterocycles. The van der Waals surface area contributed by atoms with Crippen molar-refractivity contribution in [2.75, 3.05) is 11.9 Å². The Balaban J connectivity index is 1.78. The van der Waals surface area contributed by atoms with Crippen LogP contribution in [0.15, 0.2) is 35.1 Å². The number of halogens is 1. The smallest absolute Gasteiger partial charge is 0.229 e. The zero-order valence-corrected chi connectivity index (χ0v) is 19.0. The number of nitrogens with one attached hydrogen (secondary N) is 2. The number of hydrogen-bond acceptors (Lipinski definition) is 6. The Bertz CT molecular complexity index is 853. The van der Waals surface area contributed by atoms with E-state index >= 15 is 0 Å². The second kappa shape index (κ2) is 8.75. The highest BCUT2D eigenvalue weighted by molar-refractivity contribution is 9.10. The Kier molecular flexibility index (Phi) is 6.53. The Hall–Kier alpha value is -2.06. The molecule has 1 saturated heterocycles. The zero-order chi connectivity index (χ0) is 21.2. The van der Waals surface area contributed by atoms with Gasteiger partial charge < -0.3 is 15.4 Å². The third-order valence-corrected chi connectivity index (χ3v) is 5.37. The van der Waals surface area contributed by atoms with Gasteiger partial charge in [0.1, 0.15) is 0 Å². The van der Waals surface area contributed by atoms with Gasteiger partial charge in [-0.25, -0.2) is 9.97 Å². The van der Waals surface area contributed by atoms with E-state index in [1.807, 2.05) is 46.8 Å². The van der Waals surface area contributed by atoms with Gasteiger partial charge in [-0.15, -0.1) is 0 Å². The first-order valence-corrected chi connectivity index (χ1v) is 10.6. The van der Waals surface area contributed by atoms with E-state index < -0.39 is 0 Å². The molecule has 1 unspecified atom stereocenters. The van der Waals surface area contributed by atoms with Gasteiger partial charge in [0, 0.05) is 29.3 Å². The number of nitrogens with zero attached hydrogens (tertiary/aromatic N) is 3. The van der Waals surface area contributed by atoms with Gasteiger partial charge >= 0.3 is 0 Å². The number of pyridine rings is 1. The summed E-state index contributed by atoms with van der Waals surface area (Å²) in [5.41, 5.74) is 1.30. The lowest BCUT2D eigenvalue weighted by Gasteiger charge is -2.30. The number of carbonyl (C=O) groups is 1. The van der Waals surface area contributed by atoms with Gasteiger partial charge in [0.15, 0.2) is 0 Å². The molecule has 3 rings (SSSR count). The van der Waals surface area contributed by atoms with Crippen LogP contribution in [0.4, 0.5) is 5.95 Å². The molecular formula is C21H28BrN5O2. The highest BCUT2D eigenvalue weighted by Gasteiger charge is 2.41. The third-order valence-electron chi connectivity index (χ3n) is 4.90. The van der Waals surface area contributed by atoms with Crippen LogP contribution in [0.3, 0.4) is 0 Å². The Morgan fingerprint density at radius 3 is 2.66 bits per heavy atom. The van der Waals surface area contributed by atoms with E-state index in [9.17, 15) is 4.79 Å². The normalized spacial score (nSPS) is 21.5. The lowest BCUT2D eigenvalue weighted by atomic mass is 9.88. The van der Waals surface area contributed by atoms with Crippen molar-refractivity contribution < 1.29 is 9.53 Å². The summed E-state index contributed by atoms with van der Waals surface area (Å²) >= 11 is 3.39. The SMILES string of the molecule is C[C@H](Nc1nccc([C@@H]2C(=O)NCC2[C@@H](C)OC(C)(C)C)n1)c1ccc(Br)cn1. The molecule has 7 nitrogen and oxygen atoms in total. The molecule has 1 aliphatic rings. The highest BCUT2D eigenvalue weighted by Crippen LogP contribution is 2.33. The largest absolute Gasteiger partial charge is 0.373 e. The number of anilines is 1. The molecule has 2 N–H and O–H groups in total. The number of carbonyl (C=O) groups excluding carboxylic acids is 1. The molecule has 1 fully saturated rings. The molecule has 0 spiro atoms. The fourth-order valence-electron chi connectivity index (χ4n) is 3.60. The van der Waals surface area contributed by atoms with Crippen molar-refractivity contribution in [1.29, 1.82) is 0 Å². The minimum absolute atomic E-state index is 0.00930. The van der Waals surface area contributed by atoms with Crippen LogP contribution in [-0.2, 0) is 9.53 Å². The summed E-state index contributed by atoms with van der Waals surface area (Å²) in [6.07, 6.45) is 3.36. The molecule has 29 heavy (non-hydrogen) atoms. The van der Waals surface area contributed by atoms with Crippen LogP contribution in [0.1, 0.15) is 58.0 Å². The first-order valence-electron chi connectivity index (χ1n) is 9.80. The molecule has 0 saturated carbocycles. The average Bonchev–Trinajstić information content (AvgIpc) is 3.03. The maximum absolute atomic E-state index is 12.6. The molecular weight excluding hydrogens is 434 g/mol. The fraction of sp³-hybridized carbons (Fsp3) is 0.524.